The van der Waals surface area contributed by atoms with Crippen molar-refractivity contribution in [2.45, 2.75) is 37.6 Å². The highest BCUT2D eigenvalue weighted by atomic mass is 32.1. The van der Waals surface area contributed by atoms with E-state index in [1.807, 2.05) is 11.8 Å². The minimum atomic E-state index is -0.708. The molecule has 1 heterocycles. The van der Waals surface area contributed by atoms with Crippen molar-refractivity contribution in [2.24, 2.45) is 0 Å². The predicted molar refractivity (Wildman–Crippen MR) is 50.4 cm³/mol. The summed E-state index contributed by atoms with van der Waals surface area (Å²) in [4.78, 5) is 12.7. The number of likely N-dealkylation sites (tertiary alicyclic amines) is 1. The summed E-state index contributed by atoms with van der Waals surface area (Å²) >= 11 is 4.34. The molecule has 0 spiro atoms. The predicted octanol–water partition coefficient (Wildman–Crippen LogP) is 1.20. The zero-order valence-corrected chi connectivity index (χ0v) is 8.13. The van der Waals surface area contributed by atoms with Crippen LogP contribution in [-0.2, 0) is 4.79 Å². The first-order chi connectivity index (χ1) is 5.66. The van der Waals surface area contributed by atoms with E-state index in [2.05, 4.69) is 12.6 Å². The molecule has 0 aromatic heterocycles. The Kier molecular flexibility index (Phi) is 3.40. The summed E-state index contributed by atoms with van der Waals surface area (Å²) in [5, 5.41) is 8.96. The summed E-state index contributed by atoms with van der Waals surface area (Å²) in [5.41, 5.74) is 0. The van der Waals surface area contributed by atoms with Crippen molar-refractivity contribution in [1.82, 2.24) is 4.90 Å². The van der Waals surface area contributed by atoms with Gasteiger partial charge in [0.1, 0.15) is 6.04 Å². The van der Waals surface area contributed by atoms with E-state index in [1.54, 1.807) is 0 Å². The maximum Gasteiger partial charge on any atom is 0.320 e. The Morgan fingerprint density at radius 1 is 1.83 bits per heavy atom. The van der Waals surface area contributed by atoms with E-state index in [9.17, 15) is 4.79 Å². The molecule has 1 saturated heterocycles. The molecule has 0 aromatic rings. The van der Waals surface area contributed by atoms with E-state index in [4.69, 9.17) is 5.11 Å². The Labute approximate surface area is 78.2 Å². The van der Waals surface area contributed by atoms with E-state index in [1.165, 1.54) is 0 Å². The van der Waals surface area contributed by atoms with Gasteiger partial charge in [0.25, 0.3) is 0 Å². The summed E-state index contributed by atoms with van der Waals surface area (Å²) in [5.74, 6) is -0.708. The molecule has 1 rings (SSSR count). The first kappa shape index (κ1) is 9.86. The van der Waals surface area contributed by atoms with Crippen molar-refractivity contribution in [2.75, 3.05) is 6.54 Å². The highest BCUT2D eigenvalue weighted by Crippen LogP contribution is 2.23. The average Bonchev–Trinajstić information content (AvgIpc) is 2.50. The van der Waals surface area contributed by atoms with Gasteiger partial charge in [0.05, 0.1) is 5.37 Å². The van der Waals surface area contributed by atoms with Gasteiger partial charge in [-0.1, -0.05) is 6.92 Å². The molecular formula is C8H15NO2S. The van der Waals surface area contributed by atoms with Crippen molar-refractivity contribution in [3.63, 3.8) is 0 Å². The van der Waals surface area contributed by atoms with Crippen LogP contribution in [0.2, 0.25) is 0 Å². The van der Waals surface area contributed by atoms with Crippen molar-refractivity contribution < 1.29 is 9.90 Å². The second-order valence-electron chi connectivity index (χ2n) is 3.12. The van der Waals surface area contributed by atoms with Crippen LogP contribution in [0.4, 0.5) is 0 Å². The standard InChI is InChI=1S/C8H15NO2S/c1-2-7(12)9-5-3-4-6(9)8(10)11/h6-7,12H,2-5H2,1H3,(H,10,11). The SMILES string of the molecule is CCC(S)N1CCCC1C(=O)O. The third kappa shape index (κ3) is 1.93. The Hall–Kier alpha value is -0.220. The lowest BCUT2D eigenvalue weighted by molar-refractivity contribution is -0.142. The van der Waals surface area contributed by atoms with Gasteiger partial charge < -0.3 is 5.11 Å². The fourth-order valence-electron chi connectivity index (χ4n) is 1.65. The summed E-state index contributed by atoms with van der Waals surface area (Å²) in [6.45, 7) is 2.90. The van der Waals surface area contributed by atoms with Crippen LogP contribution in [-0.4, -0.2) is 33.9 Å². The van der Waals surface area contributed by atoms with Crippen molar-refractivity contribution in [1.29, 1.82) is 0 Å². The van der Waals surface area contributed by atoms with Crippen LogP contribution in [0.3, 0.4) is 0 Å². The van der Waals surface area contributed by atoms with E-state index in [0.29, 0.717) is 0 Å². The van der Waals surface area contributed by atoms with Crippen molar-refractivity contribution in [3.8, 4) is 0 Å². The number of carboxylic acid groups (broad SMARTS) is 1. The van der Waals surface area contributed by atoms with Gasteiger partial charge in [-0.25, -0.2) is 0 Å². The normalized spacial score (nSPS) is 27.3. The molecule has 2 unspecified atom stereocenters. The Bertz CT molecular complexity index is 174. The summed E-state index contributed by atoms with van der Waals surface area (Å²) in [7, 11) is 0. The van der Waals surface area contributed by atoms with Gasteiger partial charge in [-0.05, 0) is 19.3 Å². The van der Waals surface area contributed by atoms with Gasteiger partial charge in [-0.2, -0.15) is 12.6 Å². The fourth-order valence-corrected chi connectivity index (χ4v) is 1.92. The van der Waals surface area contributed by atoms with Gasteiger partial charge >= 0.3 is 5.97 Å². The van der Waals surface area contributed by atoms with Crippen LogP contribution < -0.4 is 0 Å². The molecule has 1 aliphatic rings. The molecule has 1 fully saturated rings. The minimum absolute atomic E-state index is 0.105. The van der Waals surface area contributed by atoms with Crippen LogP contribution >= 0.6 is 12.6 Å². The number of aliphatic carboxylic acids is 1. The van der Waals surface area contributed by atoms with Crippen LogP contribution in [0.15, 0.2) is 0 Å². The summed E-state index contributed by atoms with van der Waals surface area (Å²) in [6.07, 6.45) is 2.65. The topological polar surface area (TPSA) is 40.5 Å². The molecule has 0 saturated carbocycles. The number of hydrogen-bond donors (Lipinski definition) is 2. The Morgan fingerprint density at radius 3 is 3.00 bits per heavy atom. The van der Waals surface area contributed by atoms with Gasteiger partial charge in [-0.15, -0.1) is 0 Å². The third-order valence-electron chi connectivity index (χ3n) is 2.33. The number of carbonyl (C=O) groups is 1. The Balaban J connectivity index is 2.57. The molecule has 3 nitrogen and oxygen atoms in total. The van der Waals surface area contributed by atoms with Crippen molar-refractivity contribution in [3.05, 3.63) is 0 Å². The largest absolute Gasteiger partial charge is 0.480 e. The number of nitrogens with zero attached hydrogens (tertiary/aromatic N) is 1. The molecule has 0 aliphatic carbocycles. The molecule has 1 N–H and O–H groups in total. The van der Waals surface area contributed by atoms with Gasteiger partial charge in [0, 0.05) is 6.54 Å². The number of carboxylic acids is 1. The summed E-state index contributed by atoms with van der Waals surface area (Å²) in [6, 6.07) is -0.299. The Morgan fingerprint density at radius 2 is 2.50 bits per heavy atom. The van der Waals surface area contributed by atoms with Crippen LogP contribution in [0, 0.1) is 0 Å². The average molecular weight is 189 g/mol. The second kappa shape index (κ2) is 4.14. The zero-order valence-electron chi connectivity index (χ0n) is 7.23. The molecular weight excluding hydrogens is 174 g/mol. The van der Waals surface area contributed by atoms with Gasteiger partial charge in [0.2, 0.25) is 0 Å². The maximum absolute atomic E-state index is 10.8. The monoisotopic (exact) mass is 189 g/mol. The number of hydrogen-bond acceptors (Lipinski definition) is 3. The molecule has 12 heavy (non-hydrogen) atoms. The molecule has 0 radical (unpaired) electrons. The molecule has 70 valence electrons. The number of thiol groups is 1. The van der Waals surface area contributed by atoms with E-state index >= 15 is 0 Å². The molecule has 0 aromatic carbocycles. The van der Waals surface area contributed by atoms with E-state index in [-0.39, 0.29) is 11.4 Å². The summed E-state index contributed by atoms with van der Waals surface area (Å²) < 4.78 is 0. The van der Waals surface area contributed by atoms with E-state index in [0.717, 1.165) is 25.8 Å². The van der Waals surface area contributed by atoms with Crippen LogP contribution in [0.1, 0.15) is 26.2 Å². The fraction of sp³-hybridized carbons (Fsp3) is 0.875. The van der Waals surface area contributed by atoms with Gasteiger partial charge in [0.15, 0.2) is 0 Å². The molecule has 0 amide bonds. The lowest BCUT2D eigenvalue weighted by Gasteiger charge is -2.26. The van der Waals surface area contributed by atoms with Crippen LogP contribution in [0.5, 0.6) is 0 Å². The smallest absolute Gasteiger partial charge is 0.320 e. The molecule has 1 aliphatic heterocycles. The van der Waals surface area contributed by atoms with Crippen LogP contribution in [0.25, 0.3) is 0 Å². The zero-order chi connectivity index (χ0) is 9.14. The maximum atomic E-state index is 10.8. The van der Waals surface area contributed by atoms with Gasteiger partial charge in [-0.3, -0.25) is 9.69 Å². The van der Waals surface area contributed by atoms with Crippen molar-refractivity contribution >= 4 is 18.6 Å². The molecule has 0 bridgehead atoms. The highest BCUT2D eigenvalue weighted by molar-refractivity contribution is 7.80. The lowest BCUT2D eigenvalue weighted by atomic mass is 10.2. The van der Waals surface area contributed by atoms with E-state index < -0.39 is 5.97 Å². The highest BCUT2D eigenvalue weighted by Gasteiger charge is 2.33. The third-order valence-corrected chi connectivity index (χ3v) is 2.99. The first-order valence-corrected chi connectivity index (χ1v) is 4.85. The minimum Gasteiger partial charge on any atom is -0.480 e. The first-order valence-electron chi connectivity index (χ1n) is 4.33. The molecule has 4 heteroatoms. The quantitative estimate of drug-likeness (QED) is 0.655. The number of rotatable bonds is 3. The second-order valence-corrected chi connectivity index (χ2v) is 3.72. The molecule has 2 atom stereocenters. The lowest BCUT2D eigenvalue weighted by Crippen LogP contribution is -2.40.